The van der Waals surface area contributed by atoms with E-state index in [4.69, 9.17) is 5.11 Å². The maximum absolute atomic E-state index is 13.3. The van der Waals surface area contributed by atoms with Crippen LogP contribution in [0.3, 0.4) is 0 Å². The maximum Gasteiger partial charge on any atom is 0.340 e. The predicted octanol–water partition coefficient (Wildman–Crippen LogP) is 2.86. The molecule has 1 N–H and O–H groups in total. The molecule has 0 aliphatic rings. The van der Waals surface area contributed by atoms with Crippen molar-refractivity contribution in [1.82, 2.24) is 4.98 Å². The Balaban J connectivity index is 2.37. The van der Waals surface area contributed by atoms with Crippen LogP contribution in [0.4, 0.5) is 4.39 Å². The molecule has 7 heteroatoms. The molecule has 5 nitrogen and oxygen atoms in total. The van der Waals surface area contributed by atoms with Gasteiger partial charge in [-0.15, -0.1) is 0 Å². The lowest BCUT2D eigenvalue weighted by molar-refractivity contribution is 0.0594. The van der Waals surface area contributed by atoms with E-state index in [-0.39, 0.29) is 5.56 Å². The first-order chi connectivity index (χ1) is 10.0. The number of methoxy groups -OCH3 is 1. The molecule has 1 aromatic carbocycles. The number of nitrogens with zero attached hydrogens (tertiary/aromatic N) is 1. The lowest BCUT2D eigenvalue weighted by Crippen LogP contribution is -2.04. The van der Waals surface area contributed by atoms with Gasteiger partial charge in [0, 0.05) is 11.1 Å². The number of pyridine rings is 1. The number of ether oxygens (including phenoxy) is 1. The van der Waals surface area contributed by atoms with Crippen LogP contribution >= 0.6 is 11.8 Å². The Morgan fingerprint density at radius 2 is 2.05 bits per heavy atom. The van der Waals surface area contributed by atoms with E-state index in [9.17, 15) is 14.0 Å². The summed E-state index contributed by atoms with van der Waals surface area (Å²) in [5, 5.41) is 9.25. The van der Waals surface area contributed by atoms with Crippen LogP contribution in [0.1, 0.15) is 20.7 Å². The lowest BCUT2D eigenvalue weighted by atomic mass is 10.2. The third kappa shape index (κ3) is 3.38. The smallest absolute Gasteiger partial charge is 0.340 e. The summed E-state index contributed by atoms with van der Waals surface area (Å²) in [6.07, 6.45) is 1.50. The highest BCUT2D eigenvalue weighted by atomic mass is 32.2. The van der Waals surface area contributed by atoms with Crippen molar-refractivity contribution in [2.24, 2.45) is 0 Å². The zero-order chi connectivity index (χ0) is 15.4. The second kappa shape index (κ2) is 6.36. The van der Waals surface area contributed by atoms with Crippen LogP contribution in [0, 0.1) is 5.82 Å². The average molecular weight is 307 g/mol. The van der Waals surface area contributed by atoms with Gasteiger partial charge in [-0.05, 0) is 30.3 Å². The molecule has 0 fully saturated rings. The third-order valence-corrected chi connectivity index (χ3v) is 3.57. The van der Waals surface area contributed by atoms with Crippen molar-refractivity contribution in [3.63, 3.8) is 0 Å². The van der Waals surface area contributed by atoms with E-state index in [0.717, 1.165) is 17.8 Å². The van der Waals surface area contributed by atoms with Crippen LogP contribution < -0.4 is 0 Å². The molecule has 0 bridgehead atoms. The number of halogens is 1. The van der Waals surface area contributed by atoms with Crippen molar-refractivity contribution >= 4 is 23.7 Å². The number of carbonyl (C=O) groups is 2. The highest BCUT2D eigenvalue weighted by molar-refractivity contribution is 7.99. The van der Waals surface area contributed by atoms with E-state index in [1.807, 2.05) is 0 Å². The fraction of sp³-hybridized carbons (Fsp3) is 0.0714. The SMILES string of the molecule is COC(=O)c1cccnc1Sc1ccc(F)c(C(=O)O)c1. The second-order valence-corrected chi connectivity index (χ2v) is 4.96. The largest absolute Gasteiger partial charge is 0.478 e. The minimum Gasteiger partial charge on any atom is -0.478 e. The number of esters is 1. The molecule has 0 saturated heterocycles. The van der Waals surface area contributed by atoms with E-state index in [0.29, 0.717) is 9.92 Å². The molecule has 0 aliphatic carbocycles. The fourth-order valence-electron chi connectivity index (χ4n) is 1.58. The predicted molar refractivity (Wildman–Crippen MR) is 73.1 cm³/mol. The summed E-state index contributed by atoms with van der Waals surface area (Å²) < 4.78 is 18.0. The Morgan fingerprint density at radius 3 is 2.71 bits per heavy atom. The van der Waals surface area contributed by atoms with Gasteiger partial charge >= 0.3 is 11.9 Å². The molecule has 0 spiro atoms. The zero-order valence-electron chi connectivity index (χ0n) is 10.9. The third-order valence-electron chi connectivity index (χ3n) is 2.56. The van der Waals surface area contributed by atoms with Gasteiger partial charge in [0.15, 0.2) is 0 Å². The molecular weight excluding hydrogens is 297 g/mol. The first kappa shape index (κ1) is 15.0. The van der Waals surface area contributed by atoms with Crippen LogP contribution in [0.2, 0.25) is 0 Å². The van der Waals surface area contributed by atoms with Gasteiger partial charge < -0.3 is 9.84 Å². The Bertz CT molecular complexity index is 705. The molecule has 0 amide bonds. The summed E-state index contributed by atoms with van der Waals surface area (Å²) in [6, 6.07) is 6.80. The fourth-order valence-corrected chi connectivity index (χ4v) is 2.49. The average Bonchev–Trinajstić information content (AvgIpc) is 2.48. The first-order valence-electron chi connectivity index (χ1n) is 5.77. The molecule has 2 aromatic rings. The standard InChI is InChI=1S/C14H10FNO4S/c1-20-14(19)9-3-2-6-16-12(9)21-8-4-5-11(15)10(7-8)13(17)18/h2-7H,1H3,(H,17,18). The van der Waals surface area contributed by atoms with Crippen LogP contribution in [0.5, 0.6) is 0 Å². The normalized spacial score (nSPS) is 10.2. The van der Waals surface area contributed by atoms with E-state index in [1.54, 1.807) is 12.1 Å². The molecule has 1 heterocycles. The second-order valence-electron chi connectivity index (χ2n) is 3.90. The van der Waals surface area contributed by atoms with Crippen LogP contribution in [-0.4, -0.2) is 29.1 Å². The van der Waals surface area contributed by atoms with Gasteiger partial charge in [0.25, 0.3) is 0 Å². The summed E-state index contributed by atoms with van der Waals surface area (Å²) in [6.45, 7) is 0. The Kier molecular flexibility index (Phi) is 4.54. The van der Waals surface area contributed by atoms with Gasteiger partial charge in [-0.1, -0.05) is 11.8 Å². The topological polar surface area (TPSA) is 76.5 Å². The van der Waals surface area contributed by atoms with Gasteiger partial charge in [-0.3, -0.25) is 0 Å². The number of rotatable bonds is 4. The number of benzene rings is 1. The highest BCUT2D eigenvalue weighted by Crippen LogP contribution is 2.30. The Morgan fingerprint density at radius 1 is 1.29 bits per heavy atom. The first-order valence-corrected chi connectivity index (χ1v) is 6.58. The molecular formula is C14H10FNO4S. The number of carboxylic acids is 1. The summed E-state index contributed by atoms with van der Waals surface area (Å²) in [5.74, 6) is -2.73. The van der Waals surface area contributed by atoms with Crippen molar-refractivity contribution in [1.29, 1.82) is 0 Å². The summed E-state index contributed by atoms with van der Waals surface area (Å²) in [7, 11) is 1.25. The van der Waals surface area contributed by atoms with Crippen LogP contribution in [0.15, 0.2) is 46.5 Å². The number of hydrogen-bond acceptors (Lipinski definition) is 5. The number of aromatic carboxylic acids is 1. The molecule has 0 radical (unpaired) electrons. The van der Waals surface area contributed by atoms with Crippen molar-refractivity contribution in [2.75, 3.05) is 7.11 Å². The molecule has 21 heavy (non-hydrogen) atoms. The summed E-state index contributed by atoms with van der Waals surface area (Å²) in [5.41, 5.74) is -0.179. The van der Waals surface area contributed by atoms with Gasteiger partial charge in [-0.25, -0.2) is 19.0 Å². The number of aromatic nitrogens is 1. The molecule has 0 unspecified atom stereocenters. The van der Waals surface area contributed by atoms with Gasteiger partial charge in [-0.2, -0.15) is 0 Å². The maximum atomic E-state index is 13.3. The minimum absolute atomic E-state index is 0.256. The molecule has 0 saturated carbocycles. The minimum atomic E-state index is -1.36. The molecule has 1 aromatic heterocycles. The van der Waals surface area contributed by atoms with Gasteiger partial charge in [0.1, 0.15) is 10.8 Å². The summed E-state index contributed by atoms with van der Waals surface area (Å²) in [4.78, 5) is 27.1. The Labute approximate surface area is 123 Å². The molecule has 0 atom stereocenters. The van der Waals surface area contributed by atoms with Gasteiger partial charge in [0.2, 0.25) is 0 Å². The van der Waals surface area contributed by atoms with Crippen molar-refractivity contribution in [2.45, 2.75) is 9.92 Å². The molecule has 0 aliphatic heterocycles. The lowest BCUT2D eigenvalue weighted by Gasteiger charge is -2.07. The van der Waals surface area contributed by atoms with E-state index < -0.39 is 23.3 Å². The van der Waals surface area contributed by atoms with E-state index in [2.05, 4.69) is 9.72 Å². The van der Waals surface area contributed by atoms with Crippen molar-refractivity contribution < 1.29 is 23.8 Å². The molecule has 108 valence electrons. The van der Waals surface area contributed by atoms with E-state index in [1.165, 1.54) is 25.4 Å². The van der Waals surface area contributed by atoms with Crippen molar-refractivity contribution in [3.05, 3.63) is 53.5 Å². The number of carboxylic acid groups (broad SMARTS) is 1. The zero-order valence-corrected chi connectivity index (χ0v) is 11.7. The quantitative estimate of drug-likeness (QED) is 0.875. The van der Waals surface area contributed by atoms with Crippen molar-refractivity contribution in [3.8, 4) is 0 Å². The van der Waals surface area contributed by atoms with Crippen LogP contribution in [0.25, 0.3) is 0 Å². The Hall–Kier alpha value is -2.41. The molecule has 2 rings (SSSR count). The number of carbonyl (C=O) groups excluding carboxylic acids is 1. The number of hydrogen-bond donors (Lipinski definition) is 1. The monoisotopic (exact) mass is 307 g/mol. The highest BCUT2D eigenvalue weighted by Gasteiger charge is 2.16. The summed E-state index contributed by atoms with van der Waals surface area (Å²) >= 11 is 1.06. The van der Waals surface area contributed by atoms with E-state index >= 15 is 0 Å². The van der Waals surface area contributed by atoms with Gasteiger partial charge in [0.05, 0.1) is 18.2 Å². The van der Waals surface area contributed by atoms with Crippen LogP contribution in [-0.2, 0) is 4.74 Å².